The summed E-state index contributed by atoms with van der Waals surface area (Å²) in [7, 11) is 0. The number of esters is 1. The number of nitrogens with one attached hydrogen (secondary N) is 1. The highest BCUT2D eigenvalue weighted by Crippen LogP contribution is 2.23. The van der Waals surface area contributed by atoms with E-state index in [1.54, 1.807) is 29.2 Å². The van der Waals surface area contributed by atoms with Crippen LogP contribution in [0.5, 0.6) is 5.75 Å². The first-order valence-electron chi connectivity index (χ1n) is 9.35. The maximum atomic E-state index is 12.3. The van der Waals surface area contributed by atoms with Crippen LogP contribution in [0.25, 0.3) is 0 Å². The minimum atomic E-state index is -4.84. The first kappa shape index (κ1) is 23.7. The molecule has 7 nitrogen and oxygen atoms in total. The molecular weight excluding hydrogens is 417 g/mol. The van der Waals surface area contributed by atoms with E-state index in [9.17, 15) is 27.6 Å². The van der Waals surface area contributed by atoms with Crippen molar-refractivity contribution in [1.82, 2.24) is 4.90 Å². The van der Waals surface area contributed by atoms with Crippen LogP contribution in [-0.4, -0.2) is 48.7 Å². The number of alkyl halides is 3. The molecule has 0 fully saturated rings. The topological polar surface area (TPSA) is 84.9 Å². The molecule has 0 saturated heterocycles. The highest BCUT2D eigenvalue weighted by atomic mass is 19.4. The molecule has 0 aliphatic heterocycles. The Morgan fingerprint density at radius 2 is 1.45 bits per heavy atom. The van der Waals surface area contributed by atoms with E-state index in [-0.39, 0.29) is 11.5 Å². The van der Waals surface area contributed by atoms with Crippen LogP contribution in [-0.2, 0) is 9.53 Å². The Labute approximate surface area is 176 Å². The number of rotatable bonds is 8. The van der Waals surface area contributed by atoms with Crippen molar-refractivity contribution in [3.05, 3.63) is 59.7 Å². The summed E-state index contributed by atoms with van der Waals surface area (Å²) < 4.78 is 45.0. The lowest BCUT2D eigenvalue weighted by Crippen LogP contribution is -2.30. The highest BCUT2D eigenvalue weighted by molar-refractivity contribution is 5.97. The summed E-state index contributed by atoms with van der Waals surface area (Å²) in [6.45, 7) is 4.32. The van der Waals surface area contributed by atoms with Crippen molar-refractivity contribution < 1.29 is 37.0 Å². The molecule has 0 aliphatic carbocycles. The summed E-state index contributed by atoms with van der Waals surface area (Å²) in [5, 5.41) is 2.52. The van der Waals surface area contributed by atoms with Gasteiger partial charge >= 0.3 is 12.3 Å². The van der Waals surface area contributed by atoms with E-state index >= 15 is 0 Å². The van der Waals surface area contributed by atoms with E-state index < -0.39 is 30.6 Å². The molecule has 0 aromatic heterocycles. The molecule has 166 valence electrons. The van der Waals surface area contributed by atoms with Crippen LogP contribution in [0.15, 0.2) is 48.5 Å². The van der Waals surface area contributed by atoms with E-state index in [4.69, 9.17) is 4.74 Å². The number of anilines is 1. The predicted molar refractivity (Wildman–Crippen MR) is 106 cm³/mol. The van der Waals surface area contributed by atoms with Crippen molar-refractivity contribution in [3.63, 3.8) is 0 Å². The molecular formula is C21H21F3N2O5. The Balaban J connectivity index is 1.86. The fourth-order valence-electron chi connectivity index (χ4n) is 2.59. The summed E-state index contributed by atoms with van der Waals surface area (Å²) in [4.78, 5) is 37.8. The van der Waals surface area contributed by atoms with Gasteiger partial charge in [-0.05, 0) is 62.4 Å². The molecule has 0 saturated carbocycles. The van der Waals surface area contributed by atoms with Crippen molar-refractivity contribution >= 4 is 23.5 Å². The van der Waals surface area contributed by atoms with Gasteiger partial charge in [0.15, 0.2) is 6.61 Å². The van der Waals surface area contributed by atoms with Crippen molar-refractivity contribution in [3.8, 4) is 5.75 Å². The van der Waals surface area contributed by atoms with Gasteiger partial charge in [-0.3, -0.25) is 9.59 Å². The highest BCUT2D eigenvalue weighted by Gasteiger charge is 2.31. The third kappa shape index (κ3) is 7.32. The molecule has 2 aromatic carbocycles. The molecule has 2 amide bonds. The molecule has 31 heavy (non-hydrogen) atoms. The Bertz CT molecular complexity index is 908. The van der Waals surface area contributed by atoms with Gasteiger partial charge in [0.2, 0.25) is 0 Å². The number of benzene rings is 2. The van der Waals surface area contributed by atoms with Gasteiger partial charge in [-0.15, -0.1) is 13.2 Å². The Morgan fingerprint density at radius 1 is 0.903 bits per heavy atom. The molecule has 0 atom stereocenters. The molecule has 10 heteroatoms. The van der Waals surface area contributed by atoms with Crippen LogP contribution < -0.4 is 10.1 Å². The van der Waals surface area contributed by atoms with Gasteiger partial charge < -0.3 is 19.7 Å². The lowest BCUT2D eigenvalue weighted by atomic mass is 10.2. The van der Waals surface area contributed by atoms with Gasteiger partial charge in [0.1, 0.15) is 5.75 Å². The first-order valence-corrected chi connectivity index (χ1v) is 9.35. The number of hydrogen-bond acceptors (Lipinski definition) is 5. The first-order chi connectivity index (χ1) is 14.6. The number of carbonyl (C=O) groups is 3. The fraction of sp³-hybridized carbons (Fsp3) is 0.286. The molecule has 0 aliphatic rings. The second-order valence-corrected chi connectivity index (χ2v) is 6.25. The van der Waals surface area contributed by atoms with Crippen LogP contribution in [0.4, 0.5) is 18.9 Å². The fourth-order valence-corrected chi connectivity index (χ4v) is 2.59. The largest absolute Gasteiger partial charge is 0.573 e. The zero-order valence-electron chi connectivity index (χ0n) is 16.9. The maximum absolute atomic E-state index is 12.3. The third-order valence-electron chi connectivity index (χ3n) is 4.12. The normalized spacial score (nSPS) is 10.9. The van der Waals surface area contributed by atoms with Crippen molar-refractivity contribution in [1.29, 1.82) is 0 Å². The van der Waals surface area contributed by atoms with Gasteiger partial charge in [-0.2, -0.15) is 0 Å². The summed E-state index contributed by atoms with van der Waals surface area (Å²) >= 11 is 0. The van der Waals surface area contributed by atoms with Crippen LogP contribution in [0.2, 0.25) is 0 Å². The predicted octanol–water partition coefficient (Wildman–Crippen LogP) is 3.86. The lowest BCUT2D eigenvalue weighted by Gasteiger charge is -2.18. The maximum Gasteiger partial charge on any atom is 0.573 e. The molecule has 2 rings (SSSR count). The second kappa shape index (κ2) is 10.5. The molecule has 0 spiro atoms. The second-order valence-electron chi connectivity index (χ2n) is 6.25. The average molecular weight is 438 g/mol. The summed E-state index contributed by atoms with van der Waals surface area (Å²) in [6.07, 6.45) is -4.84. The molecule has 0 unspecified atom stereocenters. The van der Waals surface area contributed by atoms with Gasteiger partial charge in [-0.1, -0.05) is 0 Å². The smallest absolute Gasteiger partial charge is 0.452 e. The molecule has 0 heterocycles. The molecule has 0 radical (unpaired) electrons. The number of carbonyl (C=O) groups excluding carboxylic acids is 3. The monoisotopic (exact) mass is 438 g/mol. The molecule has 0 bridgehead atoms. The zero-order chi connectivity index (χ0) is 23.0. The standard InChI is InChI=1S/C21H21F3N2O5/c1-3-26(4-2)19(28)14-5-9-16(10-6-14)25-18(27)13-30-20(29)15-7-11-17(12-8-15)31-21(22,23)24/h5-12H,3-4,13H2,1-2H3,(H,25,27). The summed E-state index contributed by atoms with van der Waals surface area (Å²) in [5.74, 6) is -2.10. The average Bonchev–Trinajstić information content (AvgIpc) is 2.72. The van der Waals surface area contributed by atoms with Crippen molar-refractivity contribution in [2.24, 2.45) is 0 Å². The number of ether oxygens (including phenoxy) is 2. The van der Waals surface area contributed by atoms with Crippen molar-refractivity contribution in [2.45, 2.75) is 20.2 Å². The van der Waals surface area contributed by atoms with Gasteiger partial charge in [0.25, 0.3) is 11.8 Å². The van der Waals surface area contributed by atoms with Gasteiger partial charge in [0, 0.05) is 24.3 Å². The van der Waals surface area contributed by atoms with Crippen LogP contribution in [0, 0.1) is 0 Å². The van der Waals surface area contributed by atoms with E-state index in [0.717, 1.165) is 24.3 Å². The molecule has 1 N–H and O–H groups in total. The van der Waals surface area contributed by atoms with E-state index in [0.29, 0.717) is 24.3 Å². The number of nitrogens with zero attached hydrogens (tertiary/aromatic N) is 1. The van der Waals surface area contributed by atoms with Gasteiger partial charge in [-0.25, -0.2) is 4.79 Å². The Hall–Kier alpha value is -3.56. The third-order valence-corrected chi connectivity index (χ3v) is 4.12. The minimum Gasteiger partial charge on any atom is -0.452 e. The Kier molecular flexibility index (Phi) is 8.00. The lowest BCUT2D eigenvalue weighted by molar-refractivity contribution is -0.274. The number of halogens is 3. The summed E-state index contributed by atoms with van der Waals surface area (Å²) in [6, 6.07) is 10.4. The number of amides is 2. The quantitative estimate of drug-likeness (QED) is 0.633. The SMILES string of the molecule is CCN(CC)C(=O)c1ccc(NC(=O)COC(=O)c2ccc(OC(F)(F)F)cc2)cc1. The van der Waals surface area contributed by atoms with Crippen LogP contribution in [0.1, 0.15) is 34.6 Å². The van der Waals surface area contributed by atoms with E-state index in [2.05, 4.69) is 10.1 Å². The minimum absolute atomic E-state index is 0.0402. The van der Waals surface area contributed by atoms with E-state index in [1.165, 1.54) is 0 Å². The number of hydrogen-bond donors (Lipinski definition) is 1. The Morgan fingerprint density at radius 3 is 1.97 bits per heavy atom. The van der Waals surface area contributed by atoms with Crippen LogP contribution in [0.3, 0.4) is 0 Å². The summed E-state index contributed by atoms with van der Waals surface area (Å²) in [5.41, 5.74) is 0.846. The zero-order valence-corrected chi connectivity index (χ0v) is 16.9. The van der Waals surface area contributed by atoms with Crippen LogP contribution >= 0.6 is 0 Å². The van der Waals surface area contributed by atoms with Gasteiger partial charge in [0.05, 0.1) is 5.56 Å². The van der Waals surface area contributed by atoms with Crippen molar-refractivity contribution in [2.75, 3.05) is 25.0 Å². The van der Waals surface area contributed by atoms with E-state index in [1.807, 2.05) is 13.8 Å². The molecule has 2 aromatic rings.